The summed E-state index contributed by atoms with van der Waals surface area (Å²) in [5.74, 6) is -0.958. The molecule has 0 saturated heterocycles. The summed E-state index contributed by atoms with van der Waals surface area (Å²) in [5.41, 5.74) is 11.5. The molecule has 1 heterocycles. The van der Waals surface area contributed by atoms with Crippen molar-refractivity contribution in [1.82, 2.24) is 10.2 Å². The van der Waals surface area contributed by atoms with E-state index < -0.39 is 5.91 Å². The fourth-order valence-electron chi connectivity index (χ4n) is 1.69. The van der Waals surface area contributed by atoms with Crippen LogP contribution in [0.1, 0.15) is 26.5 Å². The van der Waals surface area contributed by atoms with Crippen molar-refractivity contribution in [2.45, 2.75) is 6.42 Å². The Labute approximate surface area is 122 Å². The van der Waals surface area contributed by atoms with Crippen LogP contribution in [0.15, 0.2) is 0 Å². The van der Waals surface area contributed by atoms with Crippen LogP contribution in [0.5, 0.6) is 0 Å². The zero-order valence-corrected chi connectivity index (χ0v) is 12.8. The molecule has 1 rings (SSSR count). The van der Waals surface area contributed by atoms with Gasteiger partial charge in [0.05, 0.1) is 11.3 Å². The largest absolute Gasteiger partial charge is 0.397 e. The lowest BCUT2D eigenvalue weighted by Crippen LogP contribution is -2.19. The van der Waals surface area contributed by atoms with Crippen molar-refractivity contribution in [3.63, 3.8) is 0 Å². The first-order valence-electron chi connectivity index (χ1n) is 6.21. The minimum atomic E-state index is -0.635. The lowest BCUT2D eigenvalue weighted by Gasteiger charge is -2.10. The van der Waals surface area contributed by atoms with Crippen molar-refractivity contribution in [3.05, 3.63) is 10.4 Å². The van der Waals surface area contributed by atoms with Crippen molar-refractivity contribution < 1.29 is 9.59 Å². The Kier molecular flexibility index (Phi) is 5.78. The molecule has 2 amide bonds. The van der Waals surface area contributed by atoms with Crippen LogP contribution in [0, 0.1) is 0 Å². The number of carbonyl (C=O) groups excluding carboxylic acids is 2. The second-order valence-corrected chi connectivity index (χ2v) is 5.60. The second kappa shape index (κ2) is 7.11. The standard InChI is InChI=1S/C12H21N5O2S/c1-15-11(19)9-8(13)7(10(14)18)12(20-9)16-5-4-6-17(2)3/h16H,4-6,13H2,1-3H3,(H2,14,18)(H,15,19). The smallest absolute Gasteiger partial charge is 0.263 e. The summed E-state index contributed by atoms with van der Waals surface area (Å²) in [6.45, 7) is 1.59. The van der Waals surface area contributed by atoms with Crippen LogP contribution in [0.25, 0.3) is 0 Å². The summed E-state index contributed by atoms with van der Waals surface area (Å²) in [5, 5.41) is 6.16. The summed E-state index contributed by atoms with van der Waals surface area (Å²) in [4.78, 5) is 25.5. The summed E-state index contributed by atoms with van der Waals surface area (Å²) in [6, 6.07) is 0. The van der Waals surface area contributed by atoms with E-state index in [1.807, 2.05) is 14.1 Å². The van der Waals surface area contributed by atoms with Gasteiger partial charge in [0.15, 0.2) is 0 Å². The number of anilines is 2. The Morgan fingerprint density at radius 2 is 2.00 bits per heavy atom. The molecule has 112 valence electrons. The molecule has 0 bridgehead atoms. The normalized spacial score (nSPS) is 10.6. The Morgan fingerprint density at radius 1 is 1.35 bits per heavy atom. The molecular formula is C12H21N5O2S. The molecule has 0 spiro atoms. The third-order valence-electron chi connectivity index (χ3n) is 2.69. The third-order valence-corrected chi connectivity index (χ3v) is 3.85. The molecule has 0 fully saturated rings. The highest BCUT2D eigenvalue weighted by Crippen LogP contribution is 2.35. The van der Waals surface area contributed by atoms with E-state index in [0.717, 1.165) is 24.3 Å². The van der Waals surface area contributed by atoms with Crippen molar-refractivity contribution in [2.24, 2.45) is 5.73 Å². The number of hydrogen-bond acceptors (Lipinski definition) is 6. The van der Waals surface area contributed by atoms with Gasteiger partial charge < -0.3 is 27.0 Å². The molecule has 8 heteroatoms. The highest BCUT2D eigenvalue weighted by Gasteiger charge is 2.23. The number of nitrogen functional groups attached to an aromatic ring is 1. The Morgan fingerprint density at radius 3 is 2.50 bits per heavy atom. The average molecular weight is 299 g/mol. The number of thiophene rings is 1. The van der Waals surface area contributed by atoms with Gasteiger partial charge in [-0.15, -0.1) is 11.3 Å². The number of carbonyl (C=O) groups is 2. The lowest BCUT2D eigenvalue weighted by atomic mass is 10.2. The Bertz CT molecular complexity index is 498. The zero-order valence-electron chi connectivity index (χ0n) is 11.9. The Hall–Kier alpha value is -1.80. The molecule has 6 N–H and O–H groups in total. The quantitative estimate of drug-likeness (QED) is 0.535. The van der Waals surface area contributed by atoms with Crippen LogP contribution in [-0.4, -0.2) is 50.9 Å². The topological polar surface area (TPSA) is 113 Å². The van der Waals surface area contributed by atoms with E-state index in [1.165, 1.54) is 7.05 Å². The molecule has 20 heavy (non-hydrogen) atoms. The number of nitrogens with zero attached hydrogens (tertiary/aromatic N) is 1. The van der Waals surface area contributed by atoms with Crippen LogP contribution >= 0.6 is 11.3 Å². The predicted molar refractivity (Wildman–Crippen MR) is 82.3 cm³/mol. The van der Waals surface area contributed by atoms with Gasteiger partial charge in [0.2, 0.25) is 0 Å². The van der Waals surface area contributed by atoms with E-state index in [1.54, 1.807) is 0 Å². The molecule has 0 aliphatic heterocycles. The summed E-state index contributed by atoms with van der Waals surface area (Å²) >= 11 is 1.14. The molecule has 1 aromatic rings. The van der Waals surface area contributed by atoms with Crippen LogP contribution in [0.4, 0.5) is 10.7 Å². The van der Waals surface area contributed by atoms with Crippen LogP contribution in [-0.2, 0) is 0 Å². The molecule has 0 aromatic carbocycles. The molecule has 0 aliphatic carbocycles. The predicted octanol–water partition coefficient (Wildman–Crippen LogP) is 0.152. The molecule has 7 nitrogen and oxygen atoms in total. The zero-order chi connectivity index (χ0) is 15.3. The SMILES string of the molecule is CNC(=O)c1sc(NCCCN(C)C)c(C(N)=O)c1N. The van der Waals surface area contributed by atoms with Crippen LogP contribution in [0.3, 0.4) is 0 Å². The maximum atomic E-state index is 11.7. The van der Waals surface area contributed by atoms with Gasteiger partial charge in [-0.1, -0.05) is 0 Å². The minimum Gasteiger partial charge on any atom is -0.397 e. The van der Waals surface area contributed by atoms with Crippen molar-refractivity contribution in [1.29, 1.82) is 0 Å². The van der Waals surface area contributed by atoms with Crippen LogP contribution < -0.4 is 22.1 Å². The first-order valence-corrected chi connectivity index (χ1v) is 7.02. The highest BCUT2D eigenvalue weighted by molar-refractivity contribution is 7.19. The van der Waals surface area contributed by atoms with Crippen molar-refractivity contribution in [2.75, 3.05) is 45.3 Å². The molecule has 0 saturated carbocycles. The summed E-state index contributed by atoms with van der Waals surface area (Å²) in [7, 11) is 5.49. The van der Waals surface area contributed by atoms with Gasteiger partial charge in [-0.2, -0.15) is 0 Å². The monoisotopic (exact) mass is 299 g/mol. The molecule has 1 aromatic heterocycles. The van der Waals surface area contributed by atoms with E-state index in [-0.39, 0.29) is 17.2 Å². The van der Waals surface area contributed by atoms with E-state index in [4.69, 9.17) is 11.5 Å². The lowest BCUT2D eigenvalue weighted by molar-refractivity contribution is 0.0967. The number of hydrogen-bond donors (Lipinski definition) is 4. The van der Waals surface area contributed by atoms with Crippen molar-refractivity contribution >= 4 is 33.8 Å². The van der Waals surface area contributed by atoms with E-state index in [9.17, 15) is 9.59 Å². The highest BCUT2D eigenvalue weighted by atomic mass is 32.1. The molecule has 0 aliphatic rings. The average Bonchev–Trinajstić information content (AvgIpc) is 2.70. The second-order valence-electron chi connectivity index (χ2n) is 4.58. The number of nitrogens with one attached hydrogen (secondary N) is 2. The molecular weight excluding hydrogens is 278 g/mol. The van der Waals surface area contributed by atoms with Gasteiger partial charge in [-0.3, -0.25) is 9.59 Å². The number of rotatable bonds is 7. The van der Waals surface area contributed by atoms with E-state index >= 15 is 0 Å². The van der Waals surface area contributed by atoms with Crippen molar-refractivity contribution in [3.8, 4) is 0 Å². The Balaban J connectivity index is 2.89. The van der Waals surface area contributed by atoms with Gasteiger partial charge in [-0.05, 0) is 27.1 Å². The first-order chi connectivity index (χ1) is 9.38. The van der Waals surface area contributed by atoms with Gasteiger partial charge >= 0.3 is 0 Å². The van der Waals surface area contributed by atoms with Crippen LogP contribution in [0.2, 0.25) is 0 Å². The van der Waals surface area contributed by atoms with E-state index in [0.29, 0.717) is 16.4 Å². The van der Waals surface area contributed by atoms with Gasteiger partial charge in [0.1, 0.15) is 9.88 Å². The summed E-state index contributed by atoms with van der Waals surface area (Å²) in [6.07, 6.45) is 0.901. The van der Waals surface area contributed by atoms with Gasteiger partial charge in [0, 0.05) is 13.6 Å². The molecule has 0 atom stereocenters. The molecule has 0 unspecified atom stereocenters. The maximum absolute atomic E-state index is 11.7. The van der Waals surface area contributed by atoms with Gasteiger partial charge in [-0.25, -0.2) is 0 Å². The number of nitrogens with two attached hydrogens (primary N) is 2. The molecule has 0 radical (unpaired) electrons. The fraction of sp³-hybridized carbons (Fsp3) is 0.500. The van der Waals surface area contributed by atoms with Gasteiger partial charge in [0.25, 0.3) is 11.8 Å². The third kappa shape index (κ3) is 3.84. The minimum absolute atomic E-state index is 0.136. The maximum Gasteiger partial charge on any atom is 0.263 e. The number of primary amides is 1. The van der Waals surface area contributed by atoms with E-state index in [2.05, 4.69) is 15.5 Å². The number of amides is 2. The fourth-order valence-corrected chi connectivity index (χ4v) is 2.79. The summed E-state index contributed by atoms with van der Waals surface area (Å²) < 4.78 is 0. The first kappa shape index (κ1) is 16.3.